The predicted octanol–water partition coefficient (Wildman–Crippen LogP) is 3.34. The summed E-state index contributed by atoms with van der Waals surface area (Å²) < 4.78 is 1.12. The standard InChI is InChI=1S/C12H16BrNO2S/c13-9-5-11(17-8-9)7-14-4-2-1-3-10(14)6-12(15)16/h5,8,10H,1-4,6-7H2,(H,15,16). The number of aliphatic carboxylic acids is 1. The van der Waals surface area contributed by atoms with E-state index in [2.05, 4.69) is 32.3 Å². The van der Waals surface area contributed by atoms with Gasteiger partial charge >= 0.3 is 5.97 Å². The van der Waals surface area contributed by atoms with Gasteiger partial charge in [-0.15, -0.1) is 11.3 Å². The summed E-state index contributed by atoms with van der Waals surface area (Å²) in [7, 11) is 0. The topological polar surface area (TPSA) is 40.5 Å². The molecule has 94 valence electrons. The molecule has 0 amide bonds. The summed E-state index contributed by atoms with van der Waals surface area (Å²) in [6, 6.07) is 2.33. The highest BCUT2D eigenvalue weighted by Crippen LogP contribution is 2.26. The van der Waals surface area contributed by atoms with Crippen molar-refractivity contribution in [2.45, 2.75) is 38.3 Å². The van der Waals surface area contributed by atoms with Crippen LogP contribution in [-0.2, 0) is 11.3 Å². The third kappa shape index (κ3) is 3.79. The number of rotatable bonds is 4. The van der Waals surface area contributed by atoms with Gasteiger partial charge in [-0.2, -0.15) is 0 Å². The zero-order valence-corrected chi connectivity index (χ0v) is 12.0. The lowest BCUT2D eigenvalue weighted by Crippen LogP contribution is -2.40. The number of carbonyl (C=O) groups is 1. The number of carboxylic acids is 1. The Labute approximate surface area is 114 Å². The third-order valence-corrected chi connectivity index (χ3v) is 4.82. The zero-order chi connectivity index (χ0) is 12.3. The summed E-state index contributed by atoms with van der Waals surface area (Å²) in [5, 5.41) is 11.0. The highest BCUT2D eigenvalue weighted by atomic mass is 79.9. The van der Waals surface area contributed by atoms with E-state index in [9.17, 15) is 4.79 Å². The molecule has 1 fully saturated rings. The van der Waals surface area contributed by atoms with Crippen molar-refractivity contribution >= 4 is 33.2 Å². The van der Waals surface area contributed by atoms with Gasteiger partial charge in [0.1, 0.15) is 0 Å². The molecule has 2 heterocycles. The first-order valence-electron chi connectivity index (χ1n) is 5.84. The number of hydrogen-bond acceptors (Lipinski definition) is 3. The largest absolute Gasteiger partial charge is 0.481 e. The number of piperidine rings is 1. The van der Waals surface area contributed by atoms with E-state index in [4.69, 9.17) is 5.11 Å². The Morgan fingerprint density at radius 3 is 3.06 bits per heavy atom. The maximum atomic E-state index is 10.8. The summed E-state index contributed by atoms with van der Waals surface area (Å²) in [5.74, 6) is -0.686. The van der Waals surface area contributed by atoms with Crippen LogP contribution in [0.3, 0.4) is 0 Å². The van der Waals surface area contributed by atoms with Crippen molar-refractivity contribution in [2.24, 2.45) is 0 Å². The normalized spacial score (nSPS) is 21.6. The lowest BCUT2D eigenvalue weighted by molar-refractivity contribution is -0.138. The Balaban J connectivity index is 1.98. The summed E-state index contributed by atoms with van der Waals surface area (Å²) in [4.78, 5) is 14.5. The van der Waals surface area contributed by atoms with Crippen LogP contribution in [0.15, 0.2) is 15.9 Å². The molecule has 0 saturated carbocycles. The van der Waals surface area contributed by atoms with Crippen molar-refractivity contribution in [1.29, 1.82) is 0 Å². The average Bonchev–Trinajstić information content (AvgIpc) is 2.66. The van der Waals surface area contributed by atoms with Gasteiger partial charge in [-0.25, -0.2) is 0 Å². The van der Waals surface area contributed by atoms with Gasteiger partial charge in [-0.05, 0) is 41.4 Å². The SMILES string of the molecule is O=C(O)CC1CCCCN1Cc1cc(Br)cs1. The van der Waals surface area contributed by atoms with Gasteiger partial charge in [0.05, 0.1) is 6.42 Å². The first-order chi connectivity index (χ1) is 8.15. The third-order valence-electron chi connectivity index (χ3n) is 3.14. The second-order valence-corrected chi connectivity index (χ2v) is 6.36. The molecule has 5 heteroatoms. The van der Waals surface area contributed by atoms with Crippen molar-refractivity contribution in [2.75, 3.05) is 6.54 Å². The molecule has 1 aliphatic heterocycles. The fourth-order valence-corrected chi connectivity index (χ4v) is 3.81. The Morgan fingerprint density at radius 1 is 1.59 bits per heavy atom. The van der Waals surface area contributed by atoms with Crippen LogP contribution in [-0.4, -0.2) is 28.6 Å². The monoisotopic (exact) mass is 317 g/mol. The van der Waals surface area contributed by atoms with Gasteiger partial charge in [-0.3, -0.25) is 9.69 Å². The molecule has 0 aliphatic carbocycles. The van der Waals surface area contributed by atoms with E-state index in [1.165, 1.54) is 11.3 Å². The minimum absolute atomic E-state index is 0.210. The second-order valence-electron chi connectivity index (χ2n) is 4.45. The van der Waals surface area contributed by atoms with E-state index in [1.807, 2.05) is 0 Å². The van der Waals surface area contributed by atoms with Crippen LogP contribution >= 0.6 is 27.3 Å². The van der Waals surface area contributed by atoms with E-state index in [-0.39, 0.29) is 12.5 Å². The molecule has 0 aromatic carbocycles. The van der Waals surface area contributed by atoms with E-state index in [1.54, 1.807) is 11.3 Å². The van der Waals surface area contributed by atoms with Crippen molar-refractivity contribution in [1.82, 2.24) is 4.90 Å². The van der Waals surface area contributed by atoms with Gasteiger partial charge in [-0.1, -0.05) is 6.42 Å². The maximum absolute atomic E-state index is 10.8. The smallest absolute Gasteiger partial charge is 0.304 e. The summed E-state index contributed by atoms with van der Waals surface area (Å²) in [5.41, 5.74) is 0. The molecule has 1 aromatic rings. The predicted molar refractivity (Wildman–Crippen MR) is 72.3 cm³/mol. The summed E-state index contributed by atoms with van der Waals surface area (Å²) in [6.45, 7) is 1.90. The summed E-state index contributed by atoms with van der Waals surface area (Å²) >= 11 is 5.18. The molecule has 1 aliphatic rings. The number of hydrogen-bond donors (Lipinski definition) is 1. The molecular weight excluding hydrogens is 302 g/mol. The number of thiophene rings is 1. The molecular formula is C12H16BrNO2S. The molecule has 1 atom stereocenters. The lowest BCUT2D eigenvalue weighted by atomic mass is 9.99. The molecule has 2 rings (SSSR count). The quantitative estimate of drug-likeness (QED) is 0.926. The van der Waals surface area contributed by atoms with Crippen LogP contribution in [0.1, 0.15) is 30.6 Å². The highest BCUT2D eigenvalue weighted by molar-refractivity contribution is 9.10. The fraction of sp³-hybridized carbons (Fsp3) is 0.583. The second kappa shape index (κ2) is 5.98. The maximum Gasteiger partial charge on any atom is 0.304 e. The lowest BCUT2D eigenvalue weighted by Gasteiger charge is -2.34. The van der Waals surface area contributed by atoms with E-state index < -0.39 is 5.97 Å². The number of carboxylic acid groups (broad SMARTS) is 1. The Bertz CT molecular complexity index is 394. The minimum atomic E-state index is -0.686. The van der Waals surface area contributed by atoms with Crippen LogP contribution in [0.4, 0.5) is 0 Å². The minimum Gasteiger partial charge on any atom is -0.481 e. The molecule has 0 bridgehead atoms. The van der Waals surface area contributed by atoms with Crippen LogP contribution in [0.2, 0.25) is 0 Å². The summed E-state index contributed by atoms with van der Waals surface area (Å²) in [6.07, 6.45) is 3.62. The average molecular weight is 318 g/mol. The van der Waals surface area contributed by atoms with Gasteiger partial charge in [0, 0.05) is 27.3 Å². The Hall–Kier alpha value is -0.390. The highest BCUT2D eigenvalue weighted by Gasteiger charge is 2.24. The Morgan fingerprint density at radius 2 is 2.41 bits per heavy atom. The fourth-order valence-electron chi connectivity index (χ4n) is 2.34. The van der Waals surface area contributed by atoms with Crippen molar-refractivity contribution in [3.05, 3.63) is 20.8 Å². The zero-order valence-electron chi connectivity index (χ0n) is 9.56. The van der Waals surface area contributed by atoms with Crippen LogP contribution in [0.25, 0.3) is 0 Å². The number of likely N-dealkylation sites (tertiary alicyclic amines) is 1. The van der Waals surface area contributed by atoms with E-state index in [0.717, 1.165) is 30.4 Å². The van der Waals surface area contributed by atoms with Crippen molar-refractivity contribution < 1.29 is 9.90 Å². The van der Waals surface area contributed by atoms with Crippen LogP contribution in [0.5, 0.6) is 0 Å². The Kier molecular flexibility index (Phi) is 4.59. The van der Waals surface area contributed by atoms with Gasteiger partial charge in [0.2, 0.25) is 0 Å². The molecule has 0 spiro atoms. The molecule has 0 radical (unpaired) electrons. The number of nitrogens with zero attached hydrogens (tertiary/aromatic N) is 1. The van der Waals surface area contributed by atoms with Crippen molar-refractivity contribution in [3.8, 4) is 0 Å². The van der Waals surface area contributed by atoms with Gasteiger partial charge in [0.15, 0.2) is 0 Å². The molecule has 1 saturated heterocycles. The van der Waals surface area contributed by atoms with Crippen LogP contribution < -0.4 is 0 Å². The molecule has 3 nitrogen and oxygen atoms in total. The first-order valence-corrected chi connectivity index (χ1v) is 7.51. The first kappa shape index (κ1) is 13.1. The molecule has 1 unspecified atom stereocenters. The molecule has 17 heavy (non-hydrogen) atoms. The van der Waals surface area contributed by atoms with Crippen molar-refractivity contribution in [3.63, 3.8) is 0 Å². The van der Waals surface area contributed by atoms with Crippen LogP contribution in [0, 0.1) is 0 Å². The number of halogens is 1. The van der Waals surface area contributed by atoms with E-state index in [0.29, 0.717) is 0 Å². The van der Waals surface area contributed by atoms with Gasteiger partial charge in [0.25, 0.3) is 0 Å². The molecule has 1 N–H and O–H groups in total. The molecule has 1 aromatic heterocycles. The van der Waals surface area contributed by atoms with E-state index >= 15 is 0 Å². The van der Waals surface area contributed by atoms with Gasteiger partial charge < -0.3 is 5.11 Å².